The fraction of sp³-hybridized carbons (Fsp3) is 0. The van der Waals surface area contributed by atoms with Gasteiger partial charge in [-0.25, -0.2) is 0 Å². The molecule has 2 aromatic heterocycles. The first-order valence-corrected chi connectivity index (χ1v) is 5.17. The van der Waals surface area contributed by atoms with Crippen molar-refractivity contribution < 1.29 is 44.6 Å². The van der Waals surface area contributed by atoms with Gasteiger partial charge in [-0.3, -0.25) is 0 Å². The van der Waals surface area contributed by atoms with Crippen molar-refractivity contribution in [3.8, 4) is 0 Å². The average Bonchev–Trinajstić information content (AvgIpc) is 2.28. The number of hydrogen-bond acceptors (Lipinski definition) is 4. The van der Waals surface area contributed by atoms with Crippen LogP contribution in [0, 0.1) is 9.28 Å². The number of nitrogens with zero attached hydrogens (tertiary/aromatic N) is 2. The maximum atomic E-state index is 8.73. The van der Waals surface area contributed by atoms with Gasteiger partial charge in [0.25, 0.3) is 0 Å². The summed E-state index contributed by atoms with van der Waals surface area (Å²) < 4.78 is 2.64. The third-order valence-electron chi connectivity index (χ3n) is 1.61. The molecule has 0 amide bonds. The van der Waals surface area contributed by atoms with E-state index in [4.69, 9.17) is 10.4 Å². The molecule has 0 unspecified atom stereocenters. The SMILES string of the molecule is On1ccccc1=S.On1ccccc1=S.[Cu].[Cu]. The van der Waals surface area contributed by atoms with Crippen LogP contribution < -0.4 is 0 Å². The van der Waals surface area contributed by atoms with Crippen LogP contribution in [0.25, 0.3) is 0 Å². The molecule has 18 heavy (non-hydrogen) atoms. The molecular formula is C10H10Cu2N2O2S2. The smallest absolute Gasteiger partial charge is 0.142 e. The van der Waals surface area contributed by atoms with E-state index in [2.05, 4.69) is 24.4 Å². The molecule has 0 aliphatic heterocycles. The predicted octanol–water partition coefficient (Wildman–Crippen LogP) is 2.90. The Labute approximate surface area is 136 Å². The third kappa shape index (κ3) is 6.96. The second-order valence-electron chi connectivity index (χ2n) is 2.77. The second kappa shape index (κ2) is 10.3. The number of pyridine rings is 2. The molecule has 2 aromatic rings. The Morgan fingerprint density at radius 1 is 0.722 bits per heavy atom. The summed E-state index contributed by atoms with van der Waals surface area (Å²) in [6.07, 6.45) is 2.98. The molecule has 2 heterocycles. The van der Waals surface area contributed by atoms with Crippen LogP contribution in [0.4, 0.5) is 0 Å². The summed E-state index contributed by atoms with van der Waals surface area (Å²) >= 11 is 9.33. The van der Waals surface area contributed by atoms with Gasteiger partial charge in [0.1, 0.15) is 9.28 Å². The Morgan fingerprint density at radius 2 is 1.06 bits per heavy atom. The summed E-state index contributed by atoms with van der Waals surface area (Å²) in [5.74, 6) is 0. The summed E-state index contributed by atoms with van der Waals surface area (Å²) in [5, 5.41) is 17.5. The maximum Gasteiger partial charge on any atom is 0.142 e. The van der Waals surface area contributed by atoms with Gasteiger partial charge in [0.2, 0.25) is 0 Å². The molecule has 0 atom stereocenters. The molecule has 4 nitrogen and oxygen atoms in total. The molecule has 2 rings (SSSR count). The first kappa shape index (κ1) is 19.7. The van der Waals surface area contributed by atoms with Crippen molar-refractivity contribution >= 4 is 24.4 Å². The van der Waals surface area contributed by atoms with Gasteiger partial charge in [0, 0.05) is 46.5 Å². The Bertz CT molecular complexity index is 520. The fourth-order valence-electron chi connectivity index (χ4n) is 0.838. The molecule has 0 fully saturated rings. The van der Waals surface area contributed by atoms with Gasteiger partial charge in [-0.2, -0.15) is 9.46 Å². The monoisotopic (exact) mass is 380 g/mol. The van der Waals surface area contributed by atoms with Crippen molar-refractivity contribution in [2.75, 3.05) is 0 Å². The maximum absolute atomic E-state index is 8.73. The van der Waals surface area contributed by atoms with E-state index in [1.165, 1.54) is 12.4 Å². The molecule has 0 aromatic carbocycles. The van der Waals surface area contributed by atoms with Crippen molar-refractivity contribution in [3.63, 3.8) is 0 Å². The molecule has 0 saturated heterocycles. The first-order chi connectivity index (χ1) is 7.61. The van der Waals surface area contributed by atoms with E-state index in [0.717, 1.165) is 9.46 Å². The Balaban J connectivity index is 0. The zero-order valence-electron chi connectivity index (χ0n) is 8.83. The van der Waals surface area contributed by atoms with Gasteiger partial charge in [0.05, 0.1) is 0 Å². The molecule has 2 N–H and O–H groups in total. The molecule has 0 spiro atoms. The quantitative estimate of drug-likeness (QED) is 0.419. The zero-order valence-corrected chi connectivity index (χ0v) is 12.3. The minimum atomic E-state index is 0. The van der Waals surface area contributed by atoms with Crippen molar-refractivity contribution in [3.05, 3.63) is 58.1 Å². The average molecular weight is 381 g/mol. The Morgan fingerprint density at radius 3 is 1.22 bits per heavy atom. The summed E-state index contributed by atoms with van der Waals surface area (Å²) in [7, 11) is 0. The largest absolute Gasteiger partial charge is 0.428 e. The van der Waals surface area contributed by atoms with Gasteiger partial charge in [-0.1, -0.05) is 36.6 Å². The Hall–Kier alpha value is -0.621. The van der Waals surface area contributed by atoms with E-state index < -0.39 is 0 Å². The fourth-order valence-corrected chi connectivity index (χ4v) is 1.12. The van der Waals surface area contributed by atoms with Crippen molar-refractivity contribution in [1.82, 2.24) is 9.46 Å². The molecule has 0 saturated carbocycles. The number of rotatable bonds is 0. The van der Waals surface area contributed by atoms with Gasteiger partial charge in [0.15, 0.2) is 0 Å². The summed E-state index contributed by atoms with van der Waals surface area (Å²) in [4.78, 5) is 0. The molecule has 106 valence electrons. The zero-order chi connectivity index (χ0) is 12.0. The third-order valence-corrected chi connectivity index (χ3v) is 2.25. The minimum absolute atomic E-state index is 0. The van der Waals surface area contributed by atoms with Crippen LogP contribution in [-0.2, 0) is 34.1 Å². The molecule has 8 heteroatoms. The summed E-state index contributed by atoms with van der Waals surface area (Å²) in [5.41, 5.74) is 0. The van der Waals surface area contributed by atoms with Crippen LogP contribution in [-0.4, -0.2) is 19.9 Å². The second-order valence-corrected chi connectivity index (χ2v) is 3.60. The number of hydrogen-bond donors (Lipinski definition) is 2. The molecule has 0 bridgehead atoms. The van der Waals surface area contributed by atoms with E-state index in [0.29, 0.717) is 9.28 Å². The van der Waals surface area contributed by atoms with Gasteiger partial charge in [-0.05, 0) is 24.3 Å². The predicted molar refractivity (Wildman–Crippen MR) is 64.9 cm³/mol. The van der Waals surface area contributed by atoms with Crippen molar-refractivity contribution in [2.45, 2.75) is 0 Å². The van der Waals surface area contributed by atoms with E-state index in [1.54, 1.807) is 36.4 Å². The molecule has 0 aliphatic carbocycles. The van der Waals surface area contributed by atoms with Gasteiger partial charge in [-0.15, -0.1) is 0 Å². The van der Waals surface area contributed by atoms with Gasteiger partial charge >= 0.3 is 0 Å². The molecule has 0 aliphatic rings. The molecule has 2 radical (unpaired) electrons. The van der Waals surface area contributed by atoms with E-state index in [9.17, 15) is 0 Å². The minimum Gasteiger partial charge on any atom is -0.428 e. The first-order valence-electron chi connectivity index (χ1n) is 4.35. The summed E-state index contributed by atoms with van der Waals surface area (Å²) in [6, 6.07) is 10.3. The van der Waals surface area contributed by atoms with E-state index in [1.807, 2.05) is 0 Å². The van der Waals surface area contributed by atoms with Crippen LogP contribution in [0.2, 0.25) is 0 Å². The molecular weight excluding hydrogens is 371 g/mol. The van der Waals surface area contributed by atoms with E-state index >= 15 is 0 Å². The van der Waals surface area contributed by atoms with Crippen LogP contribution in [0.15, 0.2) is 48.8 Å². The van der Waals surface area contributed by atoms with Crippen LogP contribution in [0.3, 0.4) is 0 Å². The van der Waals surface area contributed by atoms with Crippen molar-refractivity contribution in [1.29, 1.82) is 0 Å². The van der Waals surface area contributed by atoms with Gasteiger partial charge < -0.3 is 10.4 Å². The van der Waals surface area contributed by atoms with Crippen LogP contribution >= 0.6 is 24.4 Å². The van der Waals surface area contributed by atoms with Crippen LogP contribution in [0.5, 0.6) is 0 Å². The standard InChI is InChI=1S/2C5H5NOS.2Cu/c2*7-6-4-2-1-3-5(6)8;;/h2*1-4,7H;;. The Kier molecular flexibility index (Phi) is 11.3. The van der Waals surface area contributed by atoms with Crippen LogP contribution in [0.1, 0.15) is 0 Å². The summed E-state index contributed by atoms with van der Waals surface area (Å²) in [6.45, 7) is 0. The normalized spacial score (nSPS) is 8.00. The topological polar surface area (TPSA) is 50.3 Å². The van der Waals surface area contributed by atoms with E-state index in [-0.39, 0.29) is 34.1 Å². The number of aromatic nitrogens is 2. The van der Waals surface area contributed by atoms with Crippen molar-refractivity contribution in [2.24, 2.45) is 0 Å².